The van der Waals surface area contributed by atoms with Gasteiger partial charge in [-0.05, 0) is 60.2 Å². The highest BCUT2D eigenvalue weighted by Gasteiger charge is 2.47. The van der Waals surface area contributed by atoms with Gasteiger partial charge in [-0.25, -0.2) is 9.97 Å². The van der Waals surface area contributed by atoms with Crippen LogP contribution in [0.25, 0.3) is 0 Å². The van der Waals surface area contributed by atoms with E-state index >= 15 is 0 Å². The number of nitrogens with two attached hydrogens (primary N) is 1. The number of ether oxygens (including phenoxy) is 1. The van der Waals surface area contributed by atoms with Gasteiger partial charge in [0.1, 0.15) is 12.1 Å². The van der Waals surface area contributed by atoms with E-state index in [0.29, 0.717) is 39.1 Å². The van der Waals surface area contributed by atoms with Gasteiger partial charge in [0.15, 0.2) is 0 Å². The van der Waals surface area contributed by atoms with Crippen molar-refractivity contribution in [1.82, 2.24) is 14.9 Å². The van der Waals surface area contributed by atoms with Crippen LogP contribution in [-0.2, 0) is 29.0 Å². The molecular weight excluding hydrogens is 518 g/mol. The second-order valence-electron chi connectivity index (χ2n) is 10.9. The van der Waals surface area contributed by atoms with Gasteiger partial charge in [-0.1, -0.05) is 37.6 Å². The number of aliphatic carboxylic acids is 1. The lowest BCUT2D eigenvalue weighted by Crippen LogP contribution is -2.44. The Hall–Kier alpha value is -3.82. The summed E-state index contributed by atoms with van der Waals surface area (Å²) in [4.78, 5) is 39.1. The monoisotopic (exact) mass is 557 g/mol. The average Bonchev–Trinajstić information content (AvgIpc) is 3.61. The molecular formula is C32H39N5O4. The third kappa shape index (κ3) is 6.57. The number of unbranched alkanes of at least 4 members (excludes halogenated alkanes) is 1. The molecule has 2 aliphatic rings. The maximum Gasteiger partial charge on any atom is 0.308 e. The highest BCUT2D eigenvalue weighted by atomic mass is 16.5. The van der Waals surface area contributed by atoms with Crippen LogP contribution in [0, 0.1) is 5.92 Å². The maximum atomic E-state index is 14.0. The van der Waals surface area contributed by atoms with E-state index in [-0.39, 0.29) is 24.4 Å². The van der Waals surface area contributed by atoms with Crippen LogP contribution in [0.3, 0.4) is 0 Å². The Balaban J connectivity index is 1.44. The number of hydrogen-bond acceptors (Lipinski definition) is 7. The molecule has 1 fully saturated rings. The number of carboxylic acid groups (broad SMARTS) is 1. The number of aromatic nitrogens is 2. The topological polar surface area (TPSA) is 122 Å². The number of benzene rings is 2. The number of hydrogen-bond donors (Lipinski definition) is 2. The molecule has 0 unspecified atom stereocenters. The van der Waals surface area contributed by atoms with Crippen molar-refractivity contribution in [3.8, 4) is 5.75 Å². The lowest BCUT2D eigenvalue weighted by Gasteiger charge is -2.30. The third-order valence-corrected chi connectivity index (χ3v) is 8.35. The van der Waals surface area contributed by atoms with Gasteiger partial charge in [-0.2, -0.15) is 0 Å². The van der Waals surface area contributed by atoms with Gasteiger partial charge in [-0.3, -0.25) is 14.5 Å². The summed E-state index contributed by atoms with van der Waals surface area (Å²) in [5.74, 6) is -0.905. The van der Waals surface area contributed by atoms with Crippen molar-refractivity contribution in [1.29, 1.82) is 0 Å². The Morgan fingerprint density at radius 1 is 1.20 bits per heavy atom. The van der Waals surface area contributed by atoms with Crippen molar-refractivity contribution >= 4 is 17.6 Å². The van der Waals surface area contributed by atoms with E-state index in [1.165, 1.54) is 6.33 Å². The lowest BCUT2D eigenvalue weighted by molar-refractivity contribution is -0.143. The molecule has 9 nitrogen and oxygen atoms in total. The molecule has 3 atom stereocenters. The van der Waals surface area contributed by atoms with Crippen molar-refractivity contribution in [3.05, 3.63) is 83.4 Å². The van der Waals surface area contributed by atoms with Crippen LogP contribution in [0.2, 0.25) is 0 Å². The normalized spacial score (nSPS) is 20.0. The number of fused-ring (bicyclic) bond motifs is 1. The first-order valence-corrected chi connectivity index (χ1v) is 14.5. The molecule has 2 aromatic carbocycles. The average molecular weight is 558 g/mol. The summed E-state index contributed by atoms with van der Waals surface area (Å²) in [5.41, 5.74) is 10.6. The number of carbonyl (C=O) groups excluding carboxylic acids is 1. The van der Waals surface area contributed by atoms with E-state index in [2.05, 4.69) is 27.9 Å². The van der Waals surface area contributed by atoms with Crippen LogP contribution < -0.4 is 15.4 Å². The number of carboxylic acids is 1. The zero-order valence-corrected chi connectivity index (χ0v) is 23.6. The molecule has 5 rings (SSSR count). The zero-order chi connectivity index (χ0) is 28.8. The maximum absolute atomic E-state index is 14.0. The Kier molecular flexibility index (Phi) is 9.26. The van der Waals surface area contributed by atoms with Crippen molar-refractivity contribution in [3.63, 3.8) is 0 Å². The minimum atomic E-state index is -0.840. The molecule has 0 spiro atoms. The van der Waals surface area contributed by atoms with Crippen LogP contribution in [0.1, 0.15) is 54.5 Å². The van der Waals surface area contributed by atoms with Crippen LogP contribution in [0.15, 0.2) is 61.1 Å². The minimum Gasteiger partial charge on any atom is -0.493 e. The number of likely N-dealkylation sites (tertiary alicyclic amines) is 1. The zero-order valence-electron chi connectivity index (χ0n) is 23.6. The molecule has 1 amide bonds. The van der Waals surface area contributed by atoms with E-state index in [0.717, 1.165) is 53.1 Å². The standard InChI is InChI=1S/C32H39N5O4/c1-2-3-14-37(26-6-4-5-22(16-26)18-33)30(38)20-36-19-27(23-7-10-29-24(17-23)12-15-41-29)31(32(39)40)28(36)9-8-25-11-13-34-21-35-25/h4-7,10-11,13,16-17,21,27-28,31H,2-3,8-9,12,14-15,18-20,33H2,1H3,(H,39,40)/t27-,28+,31-/m1/s1. The molecule has 9 heteroatoms. The number of nitrogens with zero attached hydrogens (tertiary/aromatic N) is 4. The minimum absolute atomic E-state index is 0.0354. The Labute approximate surface area is 241 Å². The van der Waals surface area contributed by atoms with Gasteiger partial charge in [0.05, 0.1) is 19.1 Å². The van der Waals surface area contributed by atoms with Gasteiger partial charge in [-0.15, -0.1) is 0 Å². The predicted octanol–water partition coefficient (Wildman–Crippen LogP) is 3.80. The van der Waals surface area contributed by atoms with E-state index in [1.54, 1.807) is 6.20 Å². The number of amides is 1. The summed E-state index contributed by atoms with van der Waals surface area (Å²) >= 11 is 0. The number of carbonyl (C=O) groups is 2. The van der Waals surface area contributed by atoms with Crippen LogP contribution in [0.4, 0.5) is 5.69 Å². The highest BCUT2D eigenvalue weighted by molar-refractivity contribution is 5.95. The fraction of sp³-hybridized carbons (Fsp3) is 0.438. The van der Waals surface area contributed by atoms with Gasteiger partial charge >= 0.3 is 5.97 Å². The Bertz CT molecular complexity index is 1350. The fourth-order valence-corrected chi connectivity index (χ4v) is 6.21. The van der Waals surface area contributed by atoms with Crippen LogP contribution in [0.5, 0.6) is 5.75 Å². The molecule has 41 heavy (non-hydrogen) atoms. The third-order valence-electron chi connectivity index (χ3n) is 8.35. The first-order chi connectivity index (χ1) is 20.0. The summed E-state index contributed by atoms with van der Waals surface area (Å²) < 4.78 is 5.69. The second-order valence-corrected chi connectivity index (χ2v) is 10.9. The second kappa shape index (κ2) is 13.2. The molecule has 3 heterocycles. The Morgan fingerprint density at radius 3 is 2.83 bits per heavy atom. The molecule has 0 radical (unpaired) electrons. The van der Waals surface area contributed by atoms with Gasteiger partial charge in [0, 0.05) is 55.6 Å². The van der Waals surface area contributed by atoms with Crippen molar-refractivity contribution in [2.24, 2.45) is 11.7 Å². The highest BCUT2D eigenvalue weighted by Crippen LogP contribution is 2.41. The SMILES string of the molecule is CCCCN(C(=O)CN1C[C@H](c2ccc3c(c2)CCO3)[C@@H](C(=O)O)[C@@H]1CCc1ccncn1)c1cccc(CN)c1. The van der Waals surface area contributed by atoms with E-state index in [9.17, 15) is 14.7 Å². The molecule has 0 saturated carbocycles. The molecule has 216 valence electrons. The lowest BCUT2D eigenvalue weighted by atomic mass is 9.83. The molecule has 3 N–H and O–H groups in total. The number of aryl methyl sites for hydroxylation is 1. The van der Waals surface area contributed by atoms with Crippen molar-refractivity contribution in [2.75, 3.05) is 31.1 Å². The molecule has 1 saturated heterocycles. The molecule has 3 aromatic rings. The first-order valence-electron chi connectivity index (χ1n) is 14.5. The Morgan fingerprint density at radius 2 is 2.07 bits per heavy atom. The smallest absolute Gasteiger partial charge is 0.308 e. The molecule has 0 aliphatic carbocycles. The van der Waals surface area contributed by atoms with E-state index in [4.69, 9.17) is 10.5 Å². The van der Waals surface area contributed by atoms with Crippen LogP contribution in [-0.4, -0.2) is 64.1 Å². The largest absolute Gasteiger partial charge is 0.493 e. The predicted molar refractivity (Wildman–Crippen MR) is 157 cm³/mol. The molecule has 2 aliphatic heterocycles. The summed E-state index contributed by atoms with van der Waals surface area (Å²) in [5, 5.41) is 10.5. The first kappa shape index (κ1) is 28.7. The van der Waals surface area contributed by atoms with Crippen LogP contribution >= 0.6 is 0 Å². The summed E-state index contributed by atoms with van der Waals surface area (Å²) in [6.45, 7) is 4.37. The summed E-state index contributed by atoms with van der Waals surface area (Å²) in [6, 6.07) is 15.4. The van der Waals surface area contributed by atoms with Gasteiger partial charge in [0.2, 0.25) is 5.91 Å². The fourth-order valence-electron chi connectivity index (χ4n) is 6.21. The quantitative estimate of drug-likeness (QED) is 0.345. The van der Waals surface area contributed by atoms with E-state index < -0.39 is 11.9 Å². The van der Waals surface area contributed by atoms with E-state index in [1.807, 2.05) is 47.4 Å². The van der Waals surface area contributed by atoms with Gasteiger partial charge in [0.25, 0.3) is 0 Å². The summed E-state index contributed by atoms with van der Waals surface area (Å²) in [6.07, 6.45) is 7.03. The molecule has 0 bridgehead atoms. The van der Waals surface area contributed by atoms with Crippen molar-refractivity contribution in [2.45, 2.75) is 57.5 Å². The number of rotatable bonds is 12. The van der Waals surface area contributed by atoms with Gasteiger partial charge < -0.3 is 20.5 Å². The number of anilines is 1. The summed E-state index contributed by atoms with van der Waals surface area (Å²) in [7, 11) is 0. The van der Waals surface area contributed by atoms with Crippen molar-refractivity contribution < 1.29 is 19.4 Å². The molecule has 1 aromatic heterocycles.